The number of allylic oxidation sites excluding steroid dienone is 1. The largest absolute Gasteiger partial charge is 0.490 e. The normalized spacial score (nSPS) is 12.2. The van der Waals surface area contributed by atoms with Gasteiger partial charge in [0.25, 0.3) is 0 Å². The third kappa shape index (κ3) is 8.29. The lowest BCUT2D eigenvalue weighted by atomic mass is 10.0. The highest BCUT2D eigenvalue weighted by Crippen LogP contribution is 2.22. The number of benzene rings is 4. The van der Waals surface area contributed by atoms with Crippen LogP contribution in [-0.2, 0) is 22.4 Å². The van der Waals surface area contributed by atoms with Gasteiger partial charge < -0.3 is 9.47 Å². The highest BCUT2D eigenvalue weighted by Gasteiger charge is 2.15. The molecule has 0 heterocycles. The van der Waals surface area contributed by atoms with Crippen LogP contribution in [0.25, 0.3) is 16.7 Å². The summed E-state index contributed by atoms with van der Waals surface area (Å²) in [5, 5.41) is 0. The topological polar surface area (TPSA) is 35.5 Å². The summed E-state index contributed by atoms with van der Waals surface area (Å²) < 4.78 is 11.9. The van der Waals surface area contributed by atoms with E-state index in [0.717, 1.165) is 24.2 Å². The Morgan fingerprint density at radius 2 is 1.37 bits per heavy atom. The molecule has 1 atom stereocenters. The SMILES string of the molecule is CC(=O)C(Cc1ccc(OC/C=C(\C)c2ccc(-c3ccccc3)cc2)cc1)OCCCc1ccccc1. The molecule has 0 spiro atoms. The Morgan fingerprint density at radius 3 is 2.03 bits per heavy atom. The van der Waals surface area contributed by atoms with Crippen molar-refractivity contribution in [2.45, 2.75) is 39.2 Å². The predicted octanol–water partition coefficient (Wildman–Crippen LogP) is 7.99. The van der Waals surface area contributed by atoms with Crippen LogP contribution in [0.1, 0.15) is 37.0 Å². The van der Waals surface area contributed by atoms with Crippen LogP contribution in [0.15, 0.2) is 115 Å². The first kappa shape index (κ1) is 27.1. The van der Waals surface area contributed by atoms with Crippen LogP contribution >= 0.6 is 0 Å². The molecule has 0 aliphatic rings. The first-order chi connectivity index (χ1) is 18.6. The summed E-state index contributed by atoms with van der Waals surface area (Å²) in [4.78, 5) is 12.1. The molecule has 38 heavy (non-hydrogen) atoms. The van der Waals surface area contributed by atoms with Crippen molar-refractivity contribution in [3.8, 4) is 16.9 Å². The number of carbonyl (C=O) groups excluding carboxylic acids is 1. The van der Waals surface area contributed by atoms with Crippen molar-refractivity contribution in [2.24, 2.45) is 0 Å². The van der Waals surface area contributed by atoms with Gasteiger partial charge in [-0.3, -0.25) is 4.79 Å². The Labute approximate surface area is 226 Å². The summed E-state index contributed by atoms with van der Waals surface area (Å²) in [6.07, 6.45) is 4.09. The zero-order valence-electron chi connectivity index (χ0n) is 22.3. The minimum atomic E-state index is -0.420. The van der Waals surface area contributed by atoms with E-state index in [1.54, 1.807) is 6.92 Å². The molecule has 0 N–H and O–H groups in total. The van der Waals surface area contributed by atoms with Crippen LogP contribution in [0, 0.1) is 0 Å². The average Bonchev–Trinajstić information content (AvgIpc) is 2.96. The maximum atomic E-state index is 12.1. The van der Waals surface area contributed by atoms with Crippen molar-refractivity contribution in [1.82, 2.24) is 0 Å². The second-order valence-corrected chi connectivity index (χ2v) is 9.55. The number of hydrogen-bond acceptors (Lipinski definition) is 3. The zero-order valence-corrected chi connectivity index (χ0v) is 22.3. The summed E-state index contributed by atoms with van der Waals surface area (Å²) in [5.74, 6) is 0.864. The van der Waals surface area contributed by atoms with Crippen molar-refractivity contribution < 1.29 is 14.3 Å². The molecule has 1 unspecified atom stereocenters. The summed E-state index contributed by atoms with van der Waals surface area (Å²) in [6, 6.07) is 37.3. The monoisotopic (exact) mass is 504 g/mol. The van der Waals surface area contributed by atoms with Gasteiger partial charge in [0.15, 0.2) is 5.78 Å². The van der Waals surface area contributed by atoms with E-state index >= 15 is 0 Å². The van der Waals surface area contributed by atoms with Gasteiger partial charge in [-0.25, -0.2) is 0 Å². The van der Waals surface area contributed by atoms with E-state index in [4.69, 9.17) is 9.47 Å². The third-order valence-corrected chi connectivity index (χ3v) is 6.66. The smallest absolute Gasteiger partial charge is 0.158 e. The minimum absolute atomic E-state index is 0.0578. The number of hydrogen-bond donors (Lipinski definition) is 0. The standard InChI is InChI=1S/C35H36O3/c1-27(31-17-19-33(20-18-31)32-13-7-4-8-14-32)23-25-37-34-21-15-30(16-22-34)26-35(28(2)36)38-24-9-12-29-10-5-3-6-11-29/h3-8,10-11,13-23,35H,9,12,24-26H2,1-2H3/b27-23+. The molecule has 0 aromatic heterocycles. The molecule has 3 heteroatoms. The first-order valence-corrected chi connectivity index (χ1v) is 13.3. The summed E-state index contributed by atoms with van der Waals surface area (Å²) in [6.45, 7) is 4.77. The van der Waals surface area contributed by atoms with Gasteiger partial charge in [0.1, 0.15) is 18.5 Å². The van der Waals surface area contributed by atoms with Gasteiger partial charge in [0, 0.05) is 13.0 Å². The lowest BCUT2D eigenvalue weighted by molar-refractivity contribution is -0.128. The van der Waals surface area contributed by atoms with Crippen molar-refractivity contribution in [3.05, 3.63) is 132 Å². The molecule has 0 fully saturated rings. The second-order valence-electron chi connectivity index (χ2n) is 9.55. The highest BCUT2D eigenvalue weighted by atomic mass is 16.5. The fourth-order valence-electron chi connectivity index (χ4n) is 4.34. The van der Waals surface area contributed by atoms with E-state index in [1.165, 1.54) is 27.8 Å². The predicted molar refractivity (Wildman–Crippen MR) is 156 cm³/mol. The van der Waals surface area contributed by atoms with Crippen LogP contribution in [0.3, 0.4) is 0 Å². The molecule has 4 aromatic rings. The van der Waals surface area contributed by atoms with Crippen LogP contribution in [-0.4, -0.2) is 25.1 Å². The van der Waals surface area contributed by atoms with E-state index < -0.39 is 6.10 Å². The molecular weight excluding hydrogens is 468 g/mol. The molecule has 4 aromatic carbocycles. The van der Waals surface area contributed by atoms with E-state index in [2.05, 4.69) is 73.7 Å². The van der Waals surface area contributed by atoms with Gasteiger partial charge in [-0.15, -0.1) is 0 Å². The van der Waals surface area contributed by atoms with Gasteiger partial charge in [0.2, 0.25) is 0 Å². The number of ether oxygens (including phenoxy) is 2. The lowest BCUT2D eigenvalue weighted by Gasteiger charge is -2.15. The molecule has 0 aliphatic heterocycles. The maximum absolute atomic E-state index is 12.1. The van der Waals surface area contributed by atoms with Crippen LogP contribution in [0.4, 0.5) is 0 Å². The van der Waals surface area contributed by atoms with Crippen molar-refractivity contribution in [3.63, 3.8) is 0 Å². The zero-order chi connectivity index (χ0) is 26.6. The summed E-state index contributed by atoms with van der Waals surface area (Å²) in [7, 11) is 0. The fraction of sp³-hybridized carbons (Fsp3) is 0.229. The average molecular weight is 505 g/mol. The van der Waals surface area contributed by atoms with Gasteiger partial charge >= 0.3 is 0 Å². The van der Waals surface area contributed by atoms with Crippen molar-refractivity contribution in [2.75, 3.05) is 13.2 Å². The molecule has 0 saturated heterocycles. The lowest BCUT2D eigenvalue weighted by Crippen LogP contribution is -2.25. The Morgan fingerprint density at radius 1 is 0.737 bits per heavy atom. The molecule has 0 aliphatic carbocycles. The number of ketones is 1. The minimum Gasteiger partial charge on any atom is -0.490 e. The summed E-state index contributed by atoms with van der Waals surface area (Å²) in [5.41, 5.74) is 7.14. The molecule has 3 nitrogen and oxygen atoms in total. The molecule has 4 rings (SSSR count). The quantitative estimate of drug-likeness (QED) is 0.173. The van der Waals surface area contributed by atoms with Gasteiger partial charge in [0.05, 0.1) is 0 Å². The van der Waals surface area contributed by atoms with Crippen LogP contribution < -0.4 is 4.74 Å². The number of rotatable bonds is 13. The maximum Gasteiger partial charge on any atom is 0.158 e. The Balaban J connectivity index is 1.23. The summed E-state index contributed by atoms with van der Waals surface area (Å²) >= 11 is 0. The molecule has 194 valence electrons. The van der Waals surface area contributed by atoms with Crippen molar-refractivity contribution >= 4 is 11.4 Å². The van der Waals surface area contributed by atoms with E-state index in [-0.39, 0.29) is 5.78 Å². The van der Waals surface area contributed by atoms with Crippen molar-refractivity contribution in [1.29, 1.82) is 0 Å². The highest BCUT2D eigenvalue weighted by molar-refractivity contribution is 5.80. The fourth-order valence-corrected chi connectivity index (χ4v) is 4.34. The Bertz CT molecular complexity index is 1290. The number of carbonyl (C=O) groups is 1. The van der Waals surface area contributed by atoms with E-state index in [0.29, 0.717) is 19.6 Å². The van der Waals surface area contributed by atoms with E-state index in [1.807, 2.05) is 48.5 Å². The number of aryl methyl sites for hydroxylation is 1. The molecule has 0 saturated carbocycles. The van der Waals surface area contributed by atoms with Crippen LogP contribution in [0.2, 0.25) is 0 Å². The molecular formula is C35H36O3. The van der Waals surface area contributed by atoms with E-state index in [9.17, 15) is 4.79 Å². The molecule has 0 radical (unpaired) electrons. The third-order valence-electron chi connectivity index (χ3n) is 6.66. The van der Waals surface area contributed by atoms with Gasteiger partial charge in [-0.05, 0) is 78.3 Å². The Hall–Kier alpha value is -3.95. The molecule has 0 bridgehead atoms. The second kappa shape index (κ2) is 14.1. The molecule has 0 amide bonds. The first-order valence-electron chi connectivity index (χ1n) is 13.3. The van der Waals surface area contributed by atoms with Gasteiger partial charge in [-0.2, -0.15) is 0 Å². The van der Waals surface area contributed by atoms with Crippen LogP contribution in [0.5, 0.6) is 5.75 Å². The van der Waals surface area contributed by atoms with Gasteiger partial charge in [-0.1, -0.05) is 97.1 Å². The Kier molecular flexibility index (Phi) is 10.1. The number of Topliss-reactive ketones (excluding diaryl/α,β-unsaturated/α-hetero) is 1.